The molecule has 1 N–H and O–H groups in total. The van der Waals surface area contributed by atoms with E-state index in [0.29, 0.717) is 22.2 Å². The first-order valence-electron chi connectivity index (χ1n) is 6.52. The van der Waals surface area contributed by atoms with Crippen molar-refractivity contribution in [1.82, 2.24) is 4.90 Å². The van der Waals surface area contributed by atoms with Gasteiger partial charge in [-0.15, -0.1) is 0 Å². The minimum atomic E-state index is -0.797. The highest BCUT2D eigenvalue weighted by atomic mass is 32.2. The Morgan fingerprint density at radius 1 is 1.38 bits per heavy atom. The van der Waals surface area contributed by atoms with Gasteiger partial charge in [0, 0.05) is 27.2 Å². The molecule has 0 saturated carbocycles. The highest BCUT2D eigenvalue weighted by molar-refractivity contribution is 8.26. The fourth-order valence-electron chi connectivity index (χ4n) is 1.79. The predicted molar refractivity (Wildman–Crippen MR) is 83.9 cm³/mol. The fraction of sp³-hybridized carbons (Fsp3) is 0.615. The maximum Gasteiger partial charge on any atom is 0.303 e. The van der Waals surface area contributed by atoms with E-state index < -0.39 is 12.3 Å². The lowest BCUT2D eigenvalue weighted by atomic mass is 10.2. The van der Waals surface area contributed by atoms with Crippen LogP contribution >= 0.6 is 24.0 Å². The molecule has 21 heavy (non-hydrogen) atoms. The summed E-state index contributed by atoms with van der Waals surface area (Å²) in [5.74, 6) is -0.948. The van der Waals surface area contributed by atoms with Crippen molar-refractivity contribution in [2.45, 2.75) is 32.0 Å². The number of methoxy groups -OCH3 is 2. The van der Waals surface area contributed by atoms with Crippen LogP contribution in [0.4, 0.5) is 0 Å². The number of ether oxygens (including phenoxy) is 2. The molecule has 8 heteroatoms. The Morgan fingerprint density at radius 3 is 2.62 bits per heavy atom. The Labute approximate surface area is 133 Å². The molecule has 1 saturated heterocycles. The molecule has 1 fully saturated rings. The Morgan fingerprint density at radius 2 is 2.05 bits per heavy atom. The zero-order chi connectivity index (χ0) is 15.8. The van der Waals surface area contributed by atoms with Gasteiger partial charge in [0.2, 0.25) is 0 Å². The lowest BCUT2D eigenvalue weighted by Crippen LogP contribution is -2.29. The third-order valence-corrected chi connectivity index (χ3v) is 4.29. The van der Waals surface area contributed by atoms with Crippen molar-refractivity contribution in [3.8, 4) is 0 Å². The molecule has 1 amide bonds. The molecule has 0 radical (unpaired) electrons. The zero-order valence-electron chi connectivity index (χ0n) is 12.0. The van der Waals surface area contributed by atoms with Gasteiger partial charge in [0.05, 0.1) is 4.91 Å². The lowest BCUT2D eigenvalue weighted by molar-refractivity contribution is -0.137. The van der Waals surface area contributed by atoms with Gasteiger partial charge in [-0.3, -0.25) is 14.5 Å². The number of aliphatic carboxylic acids is 1. The standard InChI is InChI=1S/C13H19NO5S2/c1-18-11(19-2)8-9-12(17)14(13(20)21-9)7-5-3-4-6-10(15)16/h8,11H,3-7H2,1-2H3,(H,15,16)/b9-8+. The van der Waals surface area contributed by atoms with Crippen LogP contribution in [0, 0.1) is 0 Å². The Balaban J connectivity index is 2.48. The molecule has 0 aromatic carbocycles. The summed E-state index contributed by atoms with van der Waals surface area (Å²) in [5, 5.41) is 8.55. The highest BCUT2D eigenvalue weighted by Crippen LogP contribution is 2.31. The Hall–Kier alpha value is -0.960. The molecule has 0 aliphatic carbocycles. The number of carboxylic acid groups (broad SMARTS) is 1. The number of rotatable bonds is 9. The Bertz CT molecular complexity index is 434. The largest absolute Gasteiger partial charge is 0.481 e. The van der Waals surface area contributed by atoms with Crippen molar-refractivity contribution in [3.63, 3.8) is 0 Å². The van der Waals surface area contributed by atoms with E-state index in [9.17, 15) is 9.59 Å². The van der Waals surface area contributed by atoms with Crippen molar-refractivity contribution < 1.29 is 24.2 Å². The molecule has 1 rings (SSSR count). The second-order valence-electron chi connectivity index (χ2n) is 4.40. The molecule has 6 nitrogen and oxygen atoms in total. The van der Waals surface area contributed by atoms with Crippen molar-refractivity contribution in [3.05, 3.63) is 11.0 Å². The van der Waals surface area contributed by atoms with Crippen LogP contribution in [0.25, 0.3) is 0 Å². The molecule has 0 spiro atoms. The van der Waals surface area contributed by atoms with E-state index in [-0.39, 0.29) is 12.3 Å². The number of hydrogen-bond donors (Lipinski definition) is 1. The average Bonchev–Trinajstić information content (AvgIpc) is 2.71. The van der Waals surface area contributed by atoms with Crippen LogP contribution in [0.5, 0.6) is 0 Å². The summed E-state index contributed by atoms with van der Waals surface area (Å²) in [6.07, 6.45) is 3.27. The molecule has 0 bridgehead atoms. The summed E-state index contributed by atoms with van der Waals surface area (Å²) in [5.41, 5.74) is 0. The second-order valence-corrected chi connectivity index (χ2v) is 6.08. The van der Waals surface area contributed by atoms with Crippen molar-refractivity contribution >= 4 is 40.2 Å². The predicted octanol–water partition coefficient (Wildman–Crippen LogP) is 1.99. The van der Waals surface area contributed by atoms with Crippen LogP contribution in [0.1, 0.15) is 25.7 Å². The first-order chi connectivity index (χ1) is 9.99. The number of carbonyl (C=O) groups excluding carboxylic acids is 1. The molecule has 0 atom stereocenters. The lowest BCUT2D eigenvalue weighted by Gasteiger charge is -2.14. The fourth-order valence-corrected chi connectivity index (χ4v) is 3.08. The van der Waals surface area contributed by atoms with Crippen molar-refractivity contribution in [1.29, 1.82) is 0 Å². The van der Waals surface area contributed by atoms with Gasteiger partial charge < -0.3 is 14.6 Å². The third kappa shape index (κ3) is 5.74. The number of amides is 1. The molecule has 0 unspecified atom stereocenters. The maximum absolute atomic E-state index is 12.2. The van der Waals surface area contributed by atoms with Gasteiger partial charge in [-0.25, -0.2) is 0 Å². The Kier molecular flexibility index (Phi) is 7.87. The van der Waals surface area contributed by atoms with Crippen LogP contribution in [0.3, 0.4) is 0 Å². The van der Waals surface area contributed by atoms with E-state index in [1.807, 2.05) is 0 Å². The van der Waals surface area contributed by atoms with E-state index in [1.54, 1.807) is 6.08 Å². The normalized spacial score (nSPS) is 17.3. The summed E-state index contributed by atoms with van der Waals surface area (Å²) in [6, 6.07) is 0. The molecular formula is C13H19NO5S2. The first-order valence-corrected chi connectivity index (χ1v) is 7.75. The van der Waals surface area contributed by atoms with Crippen molar-refractivity contribution in [2.24, 2.45) is 0 Å². The number of hydrogen-bond acceptors (Lipinski definition) is 6. The SMILES string of the molecule is COC(/C=C1/SC(=S)N(CCCCCC(=O)O)C1=O)OC. The van der Waals surface area contributed by atoms with Crippen LogP contribution in [0.15, 0.2) is 11.0 Å². The van der Waals surface area contributed by atoms with Crippen LogP contribution in [-0.4, -0.2) is 53.3 Å². The smallest absolute Gasteiger partial charge is 0.303 e. The number of nitrogens with zero attached hydrogens (tertiary/aromatic N) is 1. The van der Waals surface area contributed by atoms with E-state index in [4.69, 9.17) is 26.8 Å². The van der Waals surface area contributed by atoms with Gasteiger partial charge in [-0.2, -0.15) is 0 Å². The molecule has 118 valence electrons. The van der Waals surface area contributed by atoms with Gasteiger partial charge in [-0.05, 0) is 18.9 Å². The number of thiocarbonyl (C=S) groups is 1. The van der Waals surface area contributed by atoms with Gasteiger partial charge >= 0.3 is 5.97 Å². The third-order valence-electron chi connectivity index (χ3n) is 2.90. The number of carboxylic acids is 1. The minimum Gasteiger partial charge on any atom is -0.481 e. The van der Waals surface area contributed by atoms with E-state index in [1.165, 1.54) is 30.9 Å². The summed E-state index contributed by atoms with van der Waals surface area (Å²) in [4.78, 5) is 24.6. The van der Waals surface area contributed by atoms with Gasteiger partial charge in [0.25, 0.3) is 5.91 Å². The quantitative estimate of drug-likeness (QED) is 0.299. The van der Waals surface area contributed by atoms with Crippen LogP contribution < -0.4 is 0 Å². The van der Waals surface area contributed by atoms with Crippen LogP contribution in [-0.2, 0) is 19.1 Å². The first kappa shape index (κ1) is 18.1. The second kappa shape index (κ2) is 9.14. The molecule has 1 heterocycles. The monoisotopic (exact) mass is 333 g/mol. The summed E-state index contributed by atoms with van der Waals surface area (Å²) >= 11 is 6.42. The number of unbranched alkanes of at least 4 members (excludes halogenated alkanes) is 2. The average molecular weight is 333 g/mol. The maximum atomic E-state index is 12.2. The van der Waals surface area contributed by atoms with Crippen LogP contribution in [0.2, 0.25) is 0 Å². The summed E-state index contributed by atoms with van der Waals surface area (Å²) in [7, 11) is 2.99. The molecule has 1 aliphatic heterocycles. The zero-order valence-corrected chi connectivity index (χ0v) is 13.7. The minimum absolute atomic E-state index is 0.151. The summed E-state index contributed by atoms with van der Waals surface area (Å²) in [6.45, 7) is 0.506. The van der Waals surface area contributed by atoms with E-state index >= 15 is 0 Å². The highest BCUT2D eigenvalue weighted by Gasteiger charge is 2.32. The molecular weight excluding hydrogens is 314 g/mol. The molecule has 0 aromatic rings. The molecule has 1 aliphatic rings. The topological polar surface area (TPSA) is 76.1 Å². The van der Waals surface area contributed by atoms with E-state index in [0.717, 1.165) is 12.8 Å². The summed E-state index contributed by atoms with van der Waals surface area (Å²) < 4.78 is 10.6. The number of thioether (sulfide) groups is 1. The van der Waals surface area contributed by atoms with E-state index in [2.05, 4.69) is 0 Å². The number of carbonyl (C=O) groups is 2. The molecule has 0 aromatic heterocycles. The van der Waals surface area contributed by atoms with Gasteiger partial charge in [0.15, 0.2) is 6.29 Å². The van der Waals surface area contributed by atoms with Gasteiger partial charge in [0.1, 0.15) is 4.32 Å². The van der Waals surface area contributed by atoms with Gasteiger partial charge in [-0.1, -0.05) is 30.4 Å². The van der Waals surface area contributed by atoms with Crippen molar-refractivity contribution in [2.75, 3.05) is 20.8 Å².